The van der Waals surface area contributed by atoms with E-state index in [2.05, 4.69) is 10.1 Å². The lowest BCUT2D eigenvalue weighted by Gasteiger charge is -2.31. The van der Waals surface area contributed by atoms with Crippen molar-refractivity contribution in [3.63, 3.8) is 0 Å². The van der Waals surface area contributed by atoms with Crippen molar-refractivity contribution in [3.05, 3.63) is 77.7 Å². The number of benzene rings is 2. The van der Waals surface area contributed by atoms with Crippen molar-refractivity contribution in [2.24, 2.45) is 0 Å². The first-order chi connectivity index (χ1) is 17.0. The first kappa shape index (κ1) is 24.0. The predicted octanol–water partition coefficient (Wildman–Crippen LogP) is 4.46. The van der Waals surface area contributed by atoms with Crippen LogP contribution in [0.3, 0.4) is 0 Å². The second-order valence-corrected chi connectivity index (χ2v) is 9.30. The van der Waals surface area contributed by atoms with Crippen LogP contribution in [0.25, 0.3) is 16.6 Å². The number of halogens is 4. The number of rotatable bonds is 3. The fourth-order valence-corrected chi connectivity index (χ4v) is 4.81. The molecule has 2 aromatic carbocycles. The highest BCUT2D eigenvalue weighted by atomic mass is 35.5. The van der Waals surface area contributed by atoms with Crippen molar-refractivity contribution in [1.82, 2.24) is 19.7 Å². The Morgan fingerprint density at radius 2 is 1.86 bits per heavy atom. The summed E-state index contributed by atoms with van der Waals surface area (Å²) >= 11 is 12.6. The van der Waals surface area contributed by atoms with Gasteiger partial charge in [0.1, 0.15) is 6.07 Å². The van der Waals surface area contributed by atoms with Crippen LogP contribution in [-0.2, 0) is 16.8 Å². The van der Waals surface area contributed by atoms with Gasteiger partial charge >= 0.3 is 5.69 Å². The Balaban J connectivity index is 1.61. The SMILES string of the molecule is CC1(C)OCCc2[nH]c3c(F)c(F)c(Oc4c(Cl)cc(-n5nc(C#N)c(=O)[nH]c5=O)cc4Cl)cc3c21. The van der Waals surface area contributed by atoms with Gasteiger partial charge < -0.3 is 14.5 Å². The molecule has 0 saturated carbocycles. The van der Waals surface area contributed by atoms with Gasteiger partial charge in [-0.3, -0.25) is 9.78 Å². The summed E-state index contributed by atoms with van der Waals surface area (Å²) in [5.41, 5.74) is -1.78. The number of nitrogens with one attached hydrogen (secondary N) is 2. The highest BCUT2D eigenvalue weighted by Gasteiger charge is 2.34. The number of nitriles is 1. The van der Waals surface area contributed by atoms with Crippen LogP contribution >= 0.6 is 23.2 Å². The van der Waals surface area contributed by atoms with Crippen LogP contribution in [0, 0.1) is 23.0 Å². The summed E-state index contributed by atoms with van der Waals surface area (Å²) in [5, 5.41) is 12.7. The molecule has 0 radical (unpaired) electrons. The molecule has 0 spiro atoms. The molecular formula is C23H15Cl2F2N5O4. The Morgan fingerprint density at radius 3 is 2.53 bits per heavy atom. The van der Waals surface area contributed by atoms with Gasteiger partial charge in [-0.1, -0.05) is 23.2 Å². The predicted molar refractivity (Wildman–Crippen MR) is 126 cm³/mol. The lowest BCUT2D eigenvalue weighted by molar-refractivity contribution is -0.0306. The van der Waals surface area contributed by atoms with Crippen molar-refractivity contribution in [2.75, 3.05) is 6.61 Å². The molecule has 36 heavy (non-hydrogen) atoms. The Labute approximate surface area is 210 Å². The van der Waals surface area contributed by atoms with Gasteiger partial charge in [0.05, 0.1) is 33.5 Å². The maximum Gasteiger partial charge on any atom is 0.349 e. The minimum Gasteiger partial charge on any atom is -0.451 e. The van der Waals surface area contributed by atoms with E-state index in [1.54, 1.807) is 6.07 Å². The van der Waals surface area contributed by atoms with Crippen LogP contribution in [0.5, 0.6) is 11.5 Å². The van der Waals surface area contributed by atoms with E-state index in [0.717, 1.165) is 5.69 Å². The second kappa shape index (κ2) is 8.44. The van der Waals surface area contributed by atoms with Crippen LogP contribution in [0.1, 0.15) is 30.8 Å². The molecule has 0 saturated heterocycles. The molecule has 0 atom stereocenters. The third kappa shape index (κ3) is 3.74. The molecule has 5 rings (SSSR count). The zero-order valence-corrected chi connectivity index (χ0v) is 20.1. The number of H-pyrrole nitrogens is 2. The molecule has 0 aliphatic carbocycles. The molecule has 1 aliphatic rings. The topological polar surface area (TPSA) is 126 Å². The van der Waals surface area contributed by atoms with Gasteiger partial charge in [0.15, 0.2) is 17.3 Å². The Morgan fingerprint density at radius 1 is 1.17 bits per heavy atom. The molecule has 0 fully saturated rings. The fraction of sp³-hybridized carbons (Fsp3) is 0.217. The van der Waals surface area contributed by atoms with Crippen LogP contribution < -0.4 is 16.0 Å². The third-order valence-corrected chi connectivity index (χ3v) is 6.37. The zero-order chi connectivity index (χ0) is 25.9. The average molecular weight is 534 g/mol. The first-order valence-electron chi connectivity index (χ1n) is 10.5. The monoisotopic (exact) mass is 533 g/mol. The average Bonchev–Trinajstić information content (AvgIpc) is 3.19. The highest BCUT2D eigenvalue weighted by molar-refractivity contribution is 6.37. The number of aromatic amines is 2. The standard InChI is InChI=1S/C23H15Cl2F2N5O4/c1-23(2)16-10-7-15(17(26)18(27)19(10)29-13(16)3-4-35-23)36-20-11(24)5-9(6-12(20)25)32-22(34)30-21(33)14(8-28)31-32/h5-7,29H,3-4H2,1-2H3,(H,30,33,34). The number of ether oxygens (including phenoxy) is 2. The lowest BCUT2D eigenvalue weighted by atomic mass is 9.91. The molecule has 184 valence electrons. The zero-order valence-electron chi connectivity index (χ0n) is 18.6. The number of hydrogen-bond donors (Lipinski definition) is 2. The molecule has 2 aromatic heterocycles. The molecule has 0 amide bonds. The van der Waals surface area contributed by atoms with Crippen LogP contribution in [0.4, 0.5) is 8.78 Å². The smallest absolute Gasteiger partial charge is 0.349 e. The highest BCUT2D eigenvalue weighted by Crippen LogP contribution is 2.44. The summed E-state index contributed by atoms with van der Waals surface area (Å²) < 4.78 is 42.2. The largest absolute Gasteiger partial charge is 0.451 e. The van der Waals surface area contributed by atoms with E-state index in [1.807, 2.05) is 18.8 Å². The maximum atomic E-state index is 15.0. The number of nitrogens with zero attached hydrogens (tertiary/aromatic N) is 3. The van der Waals surface area contributed by atoms with E-state index < -0.39 is 39.9 Å². The van der Waals surface area contributed by atoms with Crippen LogP contribution in [-0.4, -0.2) is 26.4 Å². The van der Waals surface area contributed by atoms with Gasteiger partial charge in [-0.2, -0.15) is 14.3 Å². The van der Waals surface area contributed by atoms with Crippen molar-refractivity contribution >= 4 is 34.1 Å². The van der Waals surface area contributed by atoms with Gasteiger partial charge in [-0.15, -0.1) is 5.10 Å². The summed E-state index contributed by atoms with van der Waals surface area (Å²) in [5.74, 6) is -3.07. The van der Waals surface area contributed by atoms with E-state index in [-0.39, 0.29) is 27.0 Å². The van der Waals surface area contributed by atoms with Crippen molar-refractivity contribution in [2.45, 2.75) is 25.9 Å². The van der Waals surface area contributed by atoms with Gasteiger partial charge in [0.2, 0.25) is 11.5 Å². The van der Waals surface area contributed by atoms with Crippen LogP contribution in [0.2, 0.25) is 10.0 Å². The quantitative estimate of drug-likeness (QED) is 0.400. The van der Waals surface area contributed by atoms with E-state index in [1.165, 1.54) is 18.2 Å². The number of fused-ring (bicyclic) bond motifs is 3. The van der Waals surface area contributed by atoms with E-state index in [0.29, 0.717) is 28.7 Å². The molecule has 9 nitrogen and oxygen atoms in total. The molecule has 2 N–H and O–H groups in total. The Bertz CT molecular complexity index is 1710. The van der Waals surface area contributed by atoms with E-state index in [9.17, 15) is 14.0 Å². The normalized spacial score (nSPS) is 14.5. The summed E-state index contributed by atoms with van der Waals surface area (Å²) in [6, 6.07) is 5.32. The Kier molecular flexibility index (Phi) is 5.63. The second-order valence-electron chi connectivity index (χ2n) is 8.48. The lowest BCUT2D eigenvalue weighted by Crippen LogP contribution is -2.33. The summed E-state index contributed by atoms with van der Waals surface area (Å²) in [4.78, 5) is 28.7. The number of aromatic nitrogens is 4. The minimum atomic E-state index is -1.26. The minimum absolute atomic E-state index is 0.00388. The molecule has 3 heterocycles. The van der Waals surface area contributed by atoms with E-state index >= 15 is 4.39 Å². The summed E-state index contributed by atoms with van der Waals surface area (Å²) in [6.07, 6.45) is 0.509. The van der Waals surface area contributed by atoms with Crippen molar-refractivity contribution in [3.8, 4) is 23.3 Å². The van der Waals surface area contributed by atoms with E-state index in [4.69, 9.17) is 37.9 Å². The van der Waals surface area contributed by atoms with Crippen molar-refractivity contribution in [1.29, 1.82) is 5.26 Å². The maximum absolute atomic E-state index is 15.0. The number of hydrogen-bond acceptors (Lipinski definition) is 6. The van der Waals surface area contributed by atoms with Crippen LogP contribution in [0.15, 0.2) is 27.8 Å². The Hall–Kier alpha value is -3.72. The van der Waals surface area contributed by atoms with Gasteiger partial charge in [-0.25, -0.2) is 9.18 Å². The van der Waals surface area contributed by atoms with Gasteiger partial charge in [0.25, 0.3) is 5.56 Å². The first-order valence-corrected chi connectivity index (χ1v) is 11.3. The summed E-state index contributed by atoms with van der Waals surface area (Å²) in [7, 11) is 0. The molecular weight excluding hydrogens is 519 g/mol. The third-order valence-electron chi connectivity index (χ3n) is 5.81. The molecule has 13 heteroatoms. The molecule has 0 bridgehead atoms. The van der Waals surface area contributed by atoms with Crippen molar-refractivity contribution < 1.29 is 18.3 Å². The molecule has 1 aliphatic heterocycles. The van der Waals surface area contributed by atoms with Gasteiger partial charge in [-0.05, 0) is 32.0 Å². The molecule has 4 aromatic rings. The van der Waals surface area contributed by atoms with Gasteiger partial charge in [0, 0.05) is 23.1 Å². The fourth-order valence-electron chi connectivity index (χ4n) is 4.25. The molecule has 0 unspecified atom stereocenters. The summed E-state index contributed by atoms with van der Waals surface area (Å²) in [6.45, 7) is 4.09.